The number of fused-ring (bicyclic) bond motifs is 10. The summed E-state index contributed by atoms with van der Waals surface area (Å²) in [6, 6.07) is 71.4. The Morgan fingerprint density at radius 3 is 1.85 bits per heavy atom. The fraction of sp³-hybridized carbons (Fsp3) is 0. The Balaban J connectivity index is 1.12. The number of benzene rings is 9. The van der Waals surface area contributed by atoms with Crippen molar-refractivity contribution in [2.75, 3.05) is 0 Å². The van der Waals surface area contributed by atoms with Crippen molar-refractivity contribution in [2.45, 2.75) is 0 Å². The van der Waals surface area contributed by atoms with E-state index in [-0.39, 0.29) is 0 Å². The molecule has 0 aliphatic carbocycles. The summed E-state index contributed by atoms with van der Waals surface area (Å²) in [6.45, 7) is 0. The van der Waals surface area contributed by atoms with E-state index in [0.29, 0.717) is 0 Å². The molecule has 0 saturated carbocycles. The summed E-state index contributed by atoms with van der Waals surface area (Å²) in [6.07, 6.45) is 0. The van der Waals surface area contributed by atoms with Crippen molar-refractivity contribution in [1.29, 1.82) is 0 Å². The van der Waals surface area contributed by atoms with Crippen molar-refractivity contribution in [3.05, 3.63) is 194 Å². The van der Waals surface area contributed by atoms with E-state index in [1.807, 2.05) is 11.3 Å². The van der Waals surface area contributed by atoms with E-state index in [2.05, 4.69) is 203 Å². The second-order valence-corrected chi connectivity index (χ2v) is 15.5. The van der Waals surface area contributed by atoms with Crippen LogP contribution in [0.4, 0.5) is 0 Å². The van der Waals surface area contributed by atoms with Gasteiger partial charge in [0.2, 0.25) is 0 Å². The number of nitrogens with zero attached hydrogens (tertiary/aromatic N) is 2. The van der Waals surface area contributed by atoms with E-state index in [4.69, 9.17) is 0 Å². The van der Waals surface area contributed by atoms with Crippen LogP contribution in [0.2, 0.25) is 0 Å². The van der Waals surface area contributed by atoms with Crippen LogP contribution in [-0.4, -0.2) is 9.13 Å². The first-order valence-electron chi connectivity index (χ1n) is 18.9. The molecule has 256 valence electrons. The molecule has 0 aliphatic rings. The maximum absolute atomic E-state index is 2.51. The fourth-order valence-corrected chi connectivity index (χ4v) is 10.3. The lowest BCUT2D eigenvalue weighted by molar-refractivity contribution is 1.18. The molecule has 0 bridgehead atoms. The largest absolute Gasteiger partial charge is 0.309 e. The topological polar surface area (TPSA) is 9.86 Å². The van der Waals surface area contributed by atoms with Gasteiger partial charge in [-0.05, 0) is 93.7 Å². The summed E-state index contributed by atoms with van der Waals surface area (Å²) in [7, 11) is 0. The minimum absolute atomic E-state index is 1.17. The van der Waals surface area contributed by atoms with Crippen molar-refractivity contribution in [3.8, 4) is 33.6 Å². The van der Waals surface area contributed by atoms with Gasteiger partial charge in [0.25, 0.3) is 0 Å². The Morgan fingerprint density at radius 1 is 0.345 bits per heavy atom. The van der Waals surface area contributed by atoms with Gasteiger partial charge in [-0.2, -0.15) is 0 Å². The van der Waals surface area contributed by atoms with Gasteiger partial charge in [0.05, 0.1) is 32.5 Å². The maximum Gasteiger partial charge on any atom is 0.0641 e. The molecule has 3 aromatic heterocycles. The standard InChI is InChI=1S/C52H32N2S/c1-2-15-37(16-3-1)53-44-21-9-6-17-40(44)43-32-36(27-29-46(43)53)38-20-12-23-47-50(38)41-18-7-10-22-45(41)54(47)48-30-28-39(35-26-25-33-13-4-5-14-34(33)31-35)51-42-19-8-11-24-49(42)55-52(48)51/h1-32H. The first-order chi connectivity index (χ1) is 27.3. The van der Waals surface area contributed by atoms with Gasteiger partial charge >= 0.3 is 0 Å². The zero-order valence-corrected chi connectivity index (χ0v) is 30.6. The lowest BCUT2D eigenvalue weighted by Gasteiger charge is -2.13. The van der Waals surface area contributed by atoms with Crippen LogP contribution in [0.25, 0.3) is 108 Å². The number of hydrogen-bond acceptors (Lipinski definition) is 1. The Bertz CT molecular complexity index is 3490. The molecule has 12 aromatic rings. The first-order valence-corrected chi connectivity index (χ1v) is 19.7. The summed E-state index contributed by atoms with van der Waals surface area (Å²) in [4.78, 5) is 0. The van der Waals surface area contributed by atoms with Crippen molar-refractivity contribution in [1.82, 2.24) is 9.13 Å². The summed E-state index contributed by atoms with van der Waals surface area (Å²) >= 11 is 1.90. The molecule has 0 N–H and O–H groups in total. The molecule has 12 rings (SSSR count). The highest BCUT2D eigenvalue weighted by Gasteiger charge is 2.22. The van der Waals surface area contributed by atoms with E-state index in [9.17, 15) is 0 Å². The summed E-state index contributed by atoms with van der Waals surface area (Å²) in [5.41, 5.74) is 12.2. The molecule has 9 aromatic carbocycles. The maximum atomic E-state index is 2.51. The molecule has 3 heteroatoms. The molecule has 2 nitrogen and oxygen atoms in total. The van der Waals surface area contributed by atoms with Crippen LogP contribution in [0.3, 0.4) is 0 Å². The van der Waals surface area contributed by atoms with Crippen molar-refractivity contribution < 1.29 is 0 Å². The SMILES string of the molecule is c1ccc(-n2c3ccccc3c3cc(-c4cccc5c4c4ccccc4n5-c4ccc(-c5ccc6ccccc6c5)c5c4sc4ccccc45)ccc32)cc1. The summed E-state index contributed by atoms with van der Waals surface area (Å²) < 4.78 is 7.50. The summed E-state index contributed by atoms with van der Waals surface area (Å²) in [5, 5.41) is 10.2. The predicted octanol–water partition coefficient (Wildman–Crippen LogP) is 14.7. The smallest absolute Gasteiger partial charge is 0.0641 e. The van der Waals surface area contributed by atoms with Crippen molar-refractivity contribution in [3.63, 3.8) is 0 Å². The van der Waals surface area contributed by atoms with Gasteiger partial charge in [0.1, 0.15) is 0 Å². The van der Waals surface area contributed by atoms with Crippen LogP contribution in [0, 0.1) is 0 Å². The third-order valence-corrected chi connectivity index (χ3v) is 12.7. The van der Waals surface area contributed by atoms with E-state index < -0.39 is 0 Å². The minimum Gasteiger partial charge on any atom is -0.309 e. The third kappa shape index (κ3) is 4.48. The number of thiophene rings is 1. The Hall–Kier alpha value is -6.94. The second kappa shape index (κ2) is 11.8. The lowest BCUT2D eigenvalue weighted by Crippen LogP contribution is -1.95. The molecule has 0 fully saturated rings. The van der Waals surface area contributed by atoms with Crippen molar-refractivity contribution >= 4 is 85.9 Å². The number of hydrogen-bond donors (Lipinski definition) is 0. The van der Waals surface area contributed by atoms with E-state index in [1.165, 1.54) is 108 Å². The van der Waals surface area contributed by atoms with Gasteiger partial charge in [0, 0.05) is 42.7 Å². The first kappa shape index (κ1) is 30.5. The fourth-order valence-electron chi connectivity index (χ4n) is 9.10. The number of aromatic nitrogens is 2. The molecule has 55 heavy (non-hydrogen) atoms. The molecule has 0 saturated heterocycles. The Labute approximate surface area is 321 Å². The van der Waals surface area contributed by atoms with Gasteiger partial charge in [-0.1, -0.05) is 133 Å². The van der Waals surface area contributed by atoms with Gasteiger partial charge < -0.3 is 9.13 Å². The van der Waals surface area contributed by atoms with Crippen molar-refractivity contribution in [2.24, 2.45) is 0 Å². The highest BCUT2D eigenvalue weighted by atomic mass is 32.1. The molecule has 0 radical (unpaired) electrons. The van der Waals surface area contributed by atoms with E-state index in [1.54, 1.807) is 0 Å². The zero-order chi connectivity index (χ0) is 36.0. The van der Waals surface area contributed by atoms with Crippen LogP contribution < -0.4 is 0 Å². The quantitative estimate of drug-likeness (QED) is 0.172. The van der Waals surface area contributed by atoms with Crippen LogP contribution >= 0.6 is 11.3 Å². The predicted molar refractivity (Wildman–Crippen MR) is 236 cm³/mol. The average Bonchev–Trinajstić information content (AvgIpc) is 3.92. The molecule has 0 amide bonds. The highest BCUT2D eigenvalue weighted by molar-refractivity contribution is 7.26. The summed E-state index contributed by atoms with van der Waals surface area (Å²) in [5.74, 6) is 0. The van der Waals surface area contributed by atoms with Crippen LogP contribution in [-0.2, 0) is 0 Å². The van der Waals surface area contributed by atoms with E-state index >= 15 is 0 Å². The van der Waals surface area contributed by atoms with Gasteiger partial charge in [-0.15, -0.1) is 11.3 Å². The molecule has 0 aliphatic heterocycles. The molecule has 3 heterocycles. The lowest BCUT2D eigenvalue weighted by atomic mass is 9.96. The normalized spacial score (nSPS) is 12.0. The highest BCUT2D eigenvalue weighted by Crippen LogP contribution is 2.47. The van der Waals surface area contributed by atoms with Crippen LogP contribution in [0.1, 0.15) is 0 Å². The monoisotopic (exact) mass is 716 g/mol. The minimum atomic E-state index is 1.17. The molecule has 0 unspecified atom stereocenters. The molecule has 0 spiro atoms. The molecular weight excluding hydrogens is 685 g/mol. The Kier molecular flexibility index (Phi) is 6.54. The molecule has 0 atom stereocenters. The second-order valence-electron chi connectivity index (χ2n) is 14.5. The zero-order valence-electron chi connectivity index (χ0n) is 29.8. The number of rotatable bonds is 4. The van der Waals surface area contributed by atoms with Crippen LogP contribution in [0.15, 0.2) is 194 Å². The molecular formula is C52H32N2S. The third-order valence-electron chi connectivity index (χ3n) is 11.5. The van der Waals surface area contributed by atoms with Gasteiger partial charge in [-0.3, -0.25) is 0 Å². The number of para-hydroxylation sites is 3. The van der Waals surface area contributed by atoms with E-state index in [0.717, 1.165) is 0 Å². The van der Waals surface area contributed by atoms with Crippen LogP contribution in [0.5, 0.6) is 0 Å². The Morgan fingerprint density at radius 2 is 0.982 bits per heavy atom. The van der Waals surface area contributed by atoms with Gasteiger partial charge in [-0.25, -0.2) is 0 Å². The van der Waals surface area contributed by atoms with Gasteiger partial charge in [0.15, 0.2) is 0 Å². The average molecular weight is 717 g/mol.